The minimum Gasteiger partial charge on any atom is -0.277 e. The summed E-state index contributed by atoms with van der Waals surface area (Å²) in [5, 5.41) is 0. The number of likely N-dealkylation sites (tertiary alicyclic amines) is 1. The number of halogens is 1. The molecule has 0 spiro atoms. The van der Waals surface area contributed by atoms with Crippen LogP contribution in [0.5, 0.6) is 0 Å². The smallest absolute Gasteiger partial charge is 0.233 e. The van der Waals surface area contributed by atoms with Gasteiger partial charge in [0.05, 0.1) is 22.2 Å². The topological polar surface area (TPSA) is 37.4 Å². The lowest BCUT2D eigenvalue weighted by Gasteiger charge is -2.14. The van der Waals surface area contributed by atoms with Gasteiger partial charge in [0, 0.05) is 4.88 Å². The third kappa shape index (κ3) is 1.45. The predicted molar refractivity (Wildman–Crippen MR) is 59.2 cm³/mol. The van der Waals surface area contributed by atoms with Gasteiger partial charge >= 0.3 is 0 Å². The number of amides is 2. The van der Waals surface area contributed by atoms with Gasteiger partial charge in [0.25, 0.3) is 0 Å². The first-order valence-electron chi connectivity index (χ1n) is 4.76. The van der Waals surface area contributed by atoms with Crippen molar-refractivity contribution in [1.29, 1.82) is 0 Å². The second-order valence-corrected chi connectivity index (χ2v) is 6.46. The molecule has 0 aromatic carbocycles. The third-order valence-corrected chi connectivity index (χ3v) is 4.51. The van der Waals surface area contributed by atoms with Gasteiger partial charge in [0.2, 0.25) is 11.8 Å². The van der Waals surface area contributed by atoms with E-state index in [0.29, 0.717) is 6.54 Å². The van der Waals surface area contributed by atoms with Crippen LogP contribution in [0.4, 0.5) is 0 Å². The fourth-order valence-corrected chi connectivity index (χ4v) is 3.47. The van der Waals surface area contributed by atoms with Crippen LogP contribution in [0.1, 0.15) is 11.3 Å². The highest BCUT2D eigenvalue weighted by molar-refractivity contribution is 9.11. The van der Waals surface area contributed by atoms with Crippen molar-refractivity contribution in [2.24, 2.45) is 11.8 Å². The van der Waals surface area contributed by atoms with E-state index in [2.05, 4.69) is 15.9 Å². The molecule has 1 aromatic rings. The van der Waals surface area contributed by atoms with Crippen LogP contribution in [0.15, 0.2) is 15.9 Å². The molecule has 0 bridgehead atoms. The van der Waals surface area contributed by atoms with Crippen LogP contribution in [0.2, 0.25) is 0 Å². The van der Waals surface area contributed by atoms with Gasteiger partial charge in [-0.15, -0.1) is 11.3 Å². The number of fused-ring (bicyclic) bond motifs is 1. The number of carbonyl (C=O) groups is 2. The number of hydrogen-bond donors (Lipinski definition) is 0. The number of nitrogens with zero attached hydrogens (tertiary/aromatic N) is 1. The molecule has 0 N–H and O–H groups in total. The maximum atomic E-state index is 11.7. The van der Waals surface area contributed by atoms with Gasteiger partial charge in [-0.25, -0.2) is 0 Å². The molecule has 1 aromatic heterocycles. The monoisotopic (exact) mass is 285 g/mol. The Bertz CT molecular complexity index is 436. The zero-order valence-electron chi connectivity index (χ0n) is 7.77. The molecule has 2 atom stereocenters. The average molecular weight is 286 g/mol. The summed E-state index contributed by atoms with van der Waals surface area (Å²) < 4.78 is 1.03. The Kier molecular flexibility index (Phi) is 2.01. The van der Waals surface area contributed by atoms with Gasteiger partial charge in [-0.1, -0.05) is 0 Å². The van der Waals surface area contributed by atoms with Crippen LogP contribution in [-0.4, -0.2) is 16.7 Å². The Morgan fingerprint density at radius 3 is 2.53 bits per heavy atom. The van der Waals surface area contributed by atoms with Crippen molar-refractivity contribution in [2.45, 2.75) is 13.0 Å². The summed E-state index contributed by atoms with van der Waals surface area (Å²) in [6, 6.07) is 3.88. The Labute approximate surface area is 99.2 Å². The van der Waals surface area contributed by atoms with Gasteiger partial charge in [-0.05, 0) is 34.5 Å². The number of imide groups is 1. The molecule has 2 aliphatic rings. The lowest BCUT2D eigenvalue weighted by atomic mass is 10.4. The van der Waals surface area contributed by atoms with Gasteiger partial charge in [0.1, 0.15) is 0 Å². The van der Waals surface area contributed by atoms with Gasteiger partial charge < -0.3 is 0 Å². The third-order valence-electron chi connectivity index (χ3n) is 2.90. The SMILES string of the molecule is O=C1C2CC2C(=O)N1Cc1ccc(Br)s1. The Hall–Kier alpha value is -0.680. The van der Waals surface area contributed by atoms with E-state index < -0.39 is 0 Å². The van der Waals surface area contributed by atoms with Crippen molar-refractivity contribution in [1.82, 2.24) is 4.90 Å². The number of thiophene rings is 1. The van der Waals surface area contributed by atoms with Gasteiger partial charge in [-0.2, -0.15) is 0 Å². The van der Waals surface area contributed by atoms with Crippen molar-refractivity contribution in [3.05, 3.63) is 20.8 Å². The molecule has 2 heterocycles. The van der Waals surface area contributed by atoms with Crippen LogP contribution in [0.25, 0.3) is 0 Å². The molecule has 5 heteroatoms. The minimum atomic E-state index is 0.0147. The molecule has 1 saturated carbocycles. The van der Waals surface area contributed by atoms with E-state index in [-0.39, 0.29) is 23.7 Å². The molecule has 3 rings (SSSR count). The van der Waals surface area contributed by atoms with E-state index in [1.807, 2.05) is 12.1 Å². The number of carbonyl (C=O) groups excluding carboxylic acids is 2. The number of piperidine rings is 1. The molecule has 1 aliphatic heterocycles. The second-order valence-electron chi connectivity index (χ2n) is 3.92. The molecule has 78 valence electrons. The molecular formula is C10H8BrNO2S. The summed E-state index contributed by atoms with van der Waals surface area (Å²) in [6.07, 6.45) is 0.780. The molecule has 2 unspecified atom stereocenters. The zero-order chi connectivity index (χ0) is 10.6. The van der Waals surface area contributed by atoms with Crippen LogP contribution in [0, 0.1) is 11.8 Å². The normalized spacial score (nSPS) is 28.5. The maximum absolute atomic E-state index is 11.7. The minimum absolute atomic E-state index is 0.0147. The number of rotatable bonds is 2. The summed E-state index contributed by atoms with van der Waals surface area (Å²) in [7, 11) is 0. The maximum Gasteiger partial charge on any atom is 0.233 e. The highest BCUT2D eigenvalue weighted by Crippen LogP contribution is 2.47. The number of hydrogen-bond acceptors (Lipinski definition) is 3. The van der Waals surface area contributed by atoms with E-state index >= 15 is 0 Å². The van der Waals surface area contributed by atoms with E-state index in [1.54, 1.807) is 11.3 Å². The lowest BCUT2D eigenvalue weighted by molar-refractivity contribution is -0.141. The summed E-state index contributed by atoms with van der Waals surface area (Å²) >= 11 is 4.93. The Balaban J connectivity index is 1.79. The van der Waals surface area contributed by atoms with Crippen LogP contribution in [0.3, 0.4) is 0 Å². The summed E-state index contributed by atoms with van der Waals surface area (Å²) in [5.74, 6) is 0.0749. The second kappa shape index (κ2) is 3.15. The molecule has 2 amide bonds. The highest BCUT2D eigenvalue weighted by Gasteiger charge is 2.58. The quantitative estimate of drug-likeness (QED) is 0.780. The van der Waals surface area contributed by atoms with Crippen LogP contribution < -0.4 is 0 Å². The zero-order valence-corrected chi connectivity index (χ0v) is 10.2. The van der Waals surface area contributed by atoms with E-state index in [1.165, 1.54) is 4.90 Å². The first-order chi connectivity index (χ1) is 7.16. The largest absolute Gasteiger partial charge is 0.277 e. The molecule has 2 fully saturated rings. The molecule has 15 heavy (non-hydrogen) atoms. The van der Waals surface area contributed by atoms with Crippen molar-refractivity contribution in [3.63, 3.8) is 0 Å². The Morgan fingerprint density at radius 1 is 1.33 bits per heavy atom. The van der Waals surface area contributed by atoms with Gasteiger partial charge in [0.15, 0.2) is 0 Å². The fourth-order valence-electron chi connectivity index (χ4n) is 2.00. The van der Waals surface area contributed by atoms with Crippen molar-refractivity contribution < 1.29 is 9.59 Å². The Morgan fingerprint density at radius 2 is 2.00 bits per heavy atom. The summed E-state index contributed by atoms with van der Waals surface area (Å²) in [5.41, 5.74) is 0. The summed E-state index contributed by atoms with van der Waals surface area (Å²) in [4.78, 5) is 25.8. The first-order valence-corrected chi connectivity index (χ1v) is 6.37. The summed E-state index contributed by atoms with van der Waals surface area (Å²) in [6.45, 7) is 0.445. The van der Waals surface area contributed by atoms with Gasteiger partial charge in [-0.3, -0.25) is 14.5 Å². The molecular weight excluding hydrogens is 278 g/mol. The van der Waals surface area contributed by atoms with E-state index in [4.69, 9.17) is 0 Å². The molecule has 0 radical (unpaired) electrons. The average Bonchev–Trinajstić information content (AvgIpc) is 2.85. The van der Waals surface area contributed by atoms with Crippen molar-refractivity contribution in [3.8, 4) is 0 Å². The fraction of sp³-hybridized carbons (Fsp3) is 0.400. The highest BCUT2D eigenvalue weighted by atomic mass is 79.9. The van der Waals surface area contributed by atoms with Crippen molar-refractivity contribution >= 4 is 39.1 Å². The standard InChI is InChI=1S/C10H8BrNO2S/c11-8-2-1-5(15-8)4-12-9(13)6-3-7(6)10(12)14/h1-2,6-7H,3-4H2. The predicted octanol–water partition coefficient (Wildman–Crippen LogP) is 2.02. The lowest BCUT2D eigenvalue weighted by Crippen LogP contribution is -2.31. The molecule has 1 saturated heterocycles. The van der Waals surface area contributed by atoms with Crippen molar-refractivity contribution in [2.75, 3.05) is 0 Å². The van der Waals surface area contributed by atoms with Crippen LogP contribution in [-0.2, 0) is 16.1 Å². The van der Waals surface area contributed by atoms with Crippen LogP contribution >= 0.6 is 27.3 Å². The first kappa shape index (κ1) is 9.54. The van der Waals surface area contributed by atoms with E-state index in [0.717, 1.165) is 15.1 Å². The molecule has 3 nitrogen and oxygen atoms in total. The molecule has 1 aliphatic carbocycles. The van der Waals surface area contributed by atoms with E-state index in [9.17, 15) is 9.59 Å².